The van der Waals surface area contributed by atoms with E-state index in [9.17, 15) is 4.79 Å². The average molecular weight is 400 g/mol. The molecule has 1 amide bonds. The molecule has 1 unspecified atom stereocenters. The Kier molecular flexibility index (Phi) is 7.89. The number of hydrogen-bond donors (Lipinski definition) is 4. The van der Waals surface area contributed by atoms with Gasteiger partial charge >= 0.3 is 0 Å². The van der Waals surface area contributed by atoms with Crippen molar-refractivity contribution in [2.45, 2.75) is 25.8 Å². The first-order valence-electron chi connectivity index (χ1n) is 8.93. The van der Waals surface area contributed by atoms with E-state index in [1.54, 1.807) is 18.3 Å². The molecular weight excluding hydrogens is 374 g/mol. The minimum absolute atomic E-state index is 0.134. The van der Waals surface area contributed by atoms with E-state index in [0.29, 0.717) is 29.6 Å². The number of amides is 1. The average Bonchev–Trinajstić information content (AvgIpc) is 2.69. The lowest BCUT2D eigenvalue weighted by Crippen LogP contribution is -2.28. The van der Waals surface area contributed by atoms with Gasteiger partial charge in [-0.05, 0) is 55.4 Å². The molecule has 0 radical (unpaired) electrons. The number of carbonyl (C=O) groups is 1. The number of aliphatic imine (C=N–C) groups is 1. The second-order valence-electron chi connectivity index (χ2n) is 6.44. The van der Waals surface area contributed by atoms with E-state index >= 15 is 0 Å². The highest BCUT2D eigenvalue weighted by Gasteiger charge is 2.08. The molecule has 0 bridgehead atoms. The van der Waals surface area contributed by atoms with Gasteiger partial charge in [-0.1, -0.05) is 24.8 Å². The molecular formula is C21H26ClN5O. The number of hydrogen-bond acceptors (Lipinski definition) is 3. The summed E-state index contributed by atoms with van der Waals surface area (Å²) in [5.41, 5.74) is 9.93. The second-order valence-corrected chi connectivity index (χ2v) is 6.70. The van der Waals surface area contributed by atoms with Gasteiger partial charge in [-0.25, -0.2) is 0 Å². The number of alkyl halides is 1. The molecule has 0 aliphatic carbocycles. The monoisotopic (exact) mass is 399 g/mol. The topological polar surface area (TPSA) is 91.5 Å². The van der Waals surface area contributed by atoms with Gasteiger partial charge in [0.15, 0.2) is 5.96 Å². The number of aryl methyl sites for hydroxylation is 1. The van der Waals surface area contributed by atoms with Crippen LogP contribution in [0.4, 0.5) is 11.4 Å². The van der Waals surface area contributed by atoms with Crippen molar-refractivity contribution < 1.29 is 4.79 Å². The van der Waals surface area contributed by atoms with E-state index in [2.05, 4.69) is 27.5 Å². The maximum Gasteiger partial charge on any atom is 0.255 e. The van der Waals surface area contributed by atoms with Crippen LogP contribution in [-0.2, 0) is 5.88 Å². The molecule has 1 atom stereocenters. The van der Waals surface area contributed by atoms with Gasteiger partial charge in [0.2, 0.25) is 0 Å². The summed E-state index contributed by atoms with van der Waals surface area (Å²) < 4.78 is 0. The number of halogens is 1. The predicted molar refractivity (Wildman–Crippen MR) is 118 cm³/mol. The minimum atomic E-state index is -0.193. The van der Waals surface area contributed by atoms with E-state index in [0.717, 1.165) is 16.8 Å². The number of benzene rings is 2. The van der Waals surface area contributed by atoms with Gasteiger partial charge < -0.3 is 21.7 Å². The summed E-state index contributed by atoms with van der Waals surface area (Å²) in [7, 11) is 0. The third-order valence-electron chi connectivity index (χ3n) is 4.07. The van der Waals surface area contributed by atoms with Gasteiger partial charge in [0.1, 0.15) is 0 Å². The second kappa shape index (κ2) is 10.4. The third kappa shape index (κ3) is 6.32. The van der Waals surface area contributed by atoms with Crippen LogP contribution in [0.3, 0.4) is 0 Å². The van der Waals surface area contributed by atoms with Gasteiger partial charge in [0, 0.05) is 28.9 Å². The Hall–Kier alpha value is -2.99. The van der Waals surface area contributed by atoms with Crippen LogP contribution in [0.25, 0.3) is 0 Å². The molecule has 28 heavy (non-hydrogen) atoms. The molecule has 0 fully saturated rings. The largest absolute Gasteiger partial charge is 0.387 e. The lowest BCUT2D eigenvalue weighted by Gasteiger charge is -2.13. The molecule has 2 rings (SSSR count). The molecule has 2 aromatic rings. The maximum atomic E-state index is 12.4. The van der Waals surface area contributed by atoms with E-state index in [1.807, 2.05) is 44.2 Å². The fourth-order valence-corrected chi connectivity index (χ4v) is 2.63. The molecule has 0 aliphatic rings. The molecule has 7 heteroatoms. The van der Waals surface area contributed by atoms with Crippen molar-refractivity contribution in [3.63, 3.8) is 0 Å². The fourth-order valence-electron chi connectivity index (χ4n) is 2.45. The summed E-state index contributed by atoms with van der Waals surface area (Å²) in [6.45, 7) is 8.07. The van der Waals surface area contributed by atoms with Crippen molar-refractivity contribution in [1.29, 1.82) is 0 Å². The third-order valence-corrected chi connectivity index (χ3v) is 4.38. The normalized spacial score (nSPS) is 12.2. The first-order valence-corrected chi connectivity index (χ1v) is 9.47. The fraction of sp³-hybridized carbons (Fsp3) is 0.238. The molecule has 0 aromatic heterocycles. The zero-order chi connectivity index (χ0) is 20.5. The summed E-state index contributed by atoms with van der Waals surface area (Å²) in [6, 6.07) is 12.9. The highest BCUT2D eigenvalue weighted by molar-refractivity contribution is 6.17. The molecule has 0 aliphatic heterocycles. The lowest BCUT2D eigenvalue weighted by atomic mass is 10.1. The maximum absolute atomic E-state index is 12.4. The Balaban J connectivity index is 2.06. The summed E-state index contributed by atoms with van der Waals surface area (Å²) in [4.78, 5) is 16.8. The molecule has 0 saturated carbocycles. The number of rotatable bonds is 8. The van der Waals surface area contributed by atoms with Crippen LogP contribution in [-0.4, -0.2) is 24.5 Å². The summed E-state index contributed by atoms with van der Waals surface area (Å²) >= 11 is 5.78. The summed E-state index contributed by atoms with van der Waals surface area (Å²) in [5.74, 6) is 0.531. The Morgan fingerprint density at radius 1 is 1.25 bits per heavy atom. The van der Waals surface area contributed by atoms with Crippen molar-refractivity contribution in [2.75, 3.05) is 17.2 Å². The Labute approximate surface area is 170 Å². The van der Waals surface area contributed by atoms with Crippen molar-refractivity contribution in [2.24, 2.45) is 10.7 Å². The number of carbonyl (C=O) groups excluding carboxylic acids is 1. The van der Waals surface area contributed by atoms with Crippen LogP contribution in [0.15, 0.2) is 60.2 Å². The zero-order valence-electron chi connectivity index (χ0n) is 16.1. The highest BCUT2D eigenvalue weighted by atomic mass is 35.5. The molecule has 5 N–H and O–H groups in total. The minimum Gasteiger partial charge on any atom is -0.387 e. The molecule has 0 spiro atoms. The lowest BCUT2D eigenvalue weighted by molar-refractivity contribution is 0.102. The van der Waals surface area contributed by atoms with Crippen LogP contribution in [0.2, 0.25) is 0 Å². The number of nitrogens with one attached hydrogen (secondary N) is 3. The number of nitrogens with two attached hydrogens (primary N) is 1. The van der Waals surface area contributed by atoms with Crippen LogP contribution in [0.1, 0.15) is 28.4 Å². The quantitative estimate of drug-likeness (QED) is 0.308. The predicted octanol–water partition coefficient (Wildman–Crippen LogP) is 3.83. The van der Waals surface area contributed by atoms with E-state index < -0.39 is 0 Å². The summed E-state index contributed by atoms with van der Waals surface area (Å²) in [6.07, 6.45) is 1.63. The van der Waals surface area contributed by atoms with Crippen LogP contribution >= 0.6 is 11.6 Å². The van der Waals surface area contributed by atoms with Crippen molar-refractivity contribution in [1.82, 2.24) is 5.32 Å². The first kappa shape index (κ1) is 21.3. The van der Waals surface area contributed by atoms with Crippen LogP contribution in [0, 0.1) is 6.92 Å². The smallest absolute Gasteiger partial charge is 0.255 e. The molecule has 6 nitrogen and oxygen atoms in total. The van der Waals surface area contributed by atoms with Crippen LogP contribution < -0.4 is 21.7 Å². The van der Waals surface area contributed by atoms with Crippen molar-refractivity contribution >= 4 is 34.8 Å². The highest BCUT2D eigenvalue weighted by Crippen LogP contribution is 2.21. The zero-order valence-corrected chi connectivity index (χ0v) is 16.9. The van der Waals surface area contributed by atoms with Gasteiger partial charge in [-0.15, -0.1) is 11.6 Å². The number of anilines is 2. The van der Waals surface area contributed by atoms with Gasteiger partial charge in [0.25, 0.3) is 5.91 Å². The van der Waals surface area contributed by atoms with Gasteiger partial charge in [-0.3, -0.25) is 9.79 Å². The Morgan fingerprint density at radius 3 is 2.61 bits per heavy atom. The van der Waals surface area contributed by atoms with E-state index in [1.165, 1.54) is 0 Å². The standard InChI is InChI=1S/C21H26ClN5O/c1-4-24-15(3)13-25-21(23)27-19-11-18(10-5-14(19)2)26-20(28)17-8-6-16(12-22)7-9-17/h4-11,15,24H,1,12-13H2,2-3H3,(H,26,28)(H3,23,25,27). The Morgan fingerprint density at radius 2 is 1.96 bits per heavy atom. The number of guanidine groups is 1. The molecule has 2 aromatic carbocycles. The number of nitrogens with zero attached hydrogens (tertiary/aromatic N) is 1. The van der Waals surface area contributed by atoms with Gasteiger partial charge in [-0.2, -0.15) is 0 Å². The SMILES string of the molecule is C=CNC(C)CN=C(N)Nc1cc(NC(=O)c2ccc(CCl)cc2)ccc1C. The van der Waals surface area contributed by atoms with Gasteiger partial charge in [0.05, 0.1) is 6.54 Å². The van der Waals surface area contributed by atoms with Crippen molar-refractivity contribution in [3.05, 3.63) is 71.9 Å². The molecule has 0 heterocycles. The van der Waals surface area contributed by atoms with Crippen LogP contribution in [0.5, 0.6) is 0 Å². The first-order chi connectivity index (χ1) is 13.4. The summed E-state index contributed by atoms with van der Waals surface area (Å²) in [5, 5.41) is 9.02. The van der Waals surface area contributed by atoms with E-state index in [-0.39, 0.29) is 11.9 Å². The molecule has 148 valence electrons. The van der Waals surface area contributed by atoms with Crippen molar-refractivity contribution in [3.8, 4) is 0 Å². The molecule has 0 saturated heterocycles. The van der Waals surface area contributed by atoms with E-state index in [4.69, 9.17) is 17.3 Å². The Bertz CT molecular complexity index is 848.